The second-order valence-electron chi connectivity index (χ2n) is 4.19. The van der Waals surface area contributed by atoms with Gasteiger partial charge in [-0.15, -0.1) is 11.6 Å². The van der Waals surface area contributed by atoms with Gasteiger partial charge in [0.15, 0.2) is 17.3 Å². The second kappa shape index (κ2) is 5.09. The highest BCUT2D eigenvalue weighted by molar-refractivity contribution is 6.20. The first-order chi connectivity index (χ1) is 9.28. The van der Waals surface area contributed by atoms with Crippen molar-refractivity contribution in [2.24, 2.45) is 0 Å². The van der Waals surface area contributed by atoms with E-state index in [0.717, 1.165) is 17.7 Å². The van der Waals surface area contributed by atoms with E-state index in [9.17, 15) is 0 Å². The first kappa shape index (κ1) is 12.3. The zero-order chi connectivity index (χ0) is 13.2. The number of aromatic nitrogens is 2. The average molecular weight is 281 g/mol. The third-order valence-electron chi connectivity index (χ3n) is 2.87. The maximum absolute atomic E-state index is 6.08. The summed E-state index contributed by atoms with van der Waals surface area (Å²) in [7, 11) is 0. The van der Waals surface area contributed by atoms with Crippen LogP contribution in [-0.2, 0) is 0 Å². The van der Waals surface area contributed by atoms with E-state index in [4.69, 9.17) is 25.6 Å². The van der Waals surface area contributed by atoms with Gasteiger partial charge in [-0.2, -0.15) is 4.98 Å². The Morgan fingerprint density at radius 3 is 2.84 bits per heavy atom. The van der Waals surface area contributed by atoms with Gasteiger partial charge >= 0.3 is 0 Å². The lowest BCUT2D eigenvalue weighted by molar-refractivity contribution is 0.171. The quantitative estimate of drug-likeness (QED) is 0.808. The molecular formula is C13H13ClN2O3. The summed E-state index contributed by atoms with van der Waals surface area (Å²) >= 11 is 6.08. The van der Waals surface area contributed by atoms with Crippen LogP contribution in [0.1, 0.15) is 24.5 Å². The van der Waals surface area contributed by atoms with Gasteiger partial charge in [0.05, 0.1) is 5.38 Å². The van der Waals surface area contributed by atoms with E-state index in [1.54, 1.807) is 0 Å². The van der Waals surface area contributed by atoms with Gasteiger partial charge < -0.3 is 14.0 Å². The van der Waals surface area contributed by atoms with Gasteiger partial charge in [-0.25, -0.2) is 0 Å². The Morgan fingerprint density at radius 2 is 2.05 bits per heavy atom. The van der Waals surface area contributed by atoms with E-state index in [0.29, 0.717) is 30.7 Å². The molecule has 1 atom stereocenters. The lowest BCUT2D eigenvalue weighted by Crippen LogP contribution is -2.15. The number of ether oxygens (including phenoxy) is 2. The topological polar surface area (TPSA) is 57.4 Å². The predicted molar refractivity (Wildman–Crippen MR) is 69.6 cm³/mol. The third kappa shape index (κ3) is 2.38. The lowest BCUT2D eigenvalue weighted by atomic mass is 10.2. The van der Waals surface area contributed by atoms with Gasteiger partial charge in [-0.05, 0) is 24.6 Å². The van der Waals surface area contributed by atoms with E-state index >= 15 is 0 Å². The summed E-state index contributed by atoms with van der Waals surface area (Å²) in [5.74, 6) is 2.38. The van der Waals surface area contributed by atoms with Crippen molar-refractivity contribution in [3.63, 3.8) is 0 Å². The van der Waals surface area contributed by atoms with Gasteiger partial charge in [0.1, 0.15) is 13.2 Å². The molecule has 3 rings (SSSR count). The highest BCUT2D eigenvalue weighted by Crippen LogP contribution is 2.34. The largest absolute Gasteiger partial charge is 0.486 e. The molecule has 0 saturated carbocycles. The molecule has 1 unspecified atom stereocenters. The minimum atomic E-state index is -0.227. The number of rotatable bonds is 3. The number of alkyl halides is 1. The Hall–Kier alpha value is -1.75. The van der Waals surface area contributed by atoms with E-state index in [-0.39, 0.29) is 5.38 Å². The fraction of sp³-hybridized carbons (Fsp3) is 0.385. The van der Waals surface area contributed by atoms with Gasteiger partial charge in [-0.1, -0.05) is 12.1 Å². The number of nitrogens with zero attached hydrogens (tertiary/aromatic N) is 2. The molecule has 5 nitrogen and oxygen atoms in total. The van der Waals surface area contributed by atoms with E-state index in [1.165, 1.54) is 0 Å². The molecule has 1 aliphatic heterocycles. The Labute approximate surface area is 115 Å². The van der Waals surface area contributed by atoms with Gasteiger partial charge in [0, 0.05) is 5.56 Å². The highest BCUT2D eigenvalue weighted by atomic mass is 35.5. The minimum absolute atomic E-state index is 0.227. The van der Waals surface area contributed by atoms with Crippen LogP contribution in [0.25, 0.3) is 11.5 Å². The van der Waals surface area contributed by atoms with Crippen molar-refractivity contribution < 1.29 is 14.0 Å². The van der Waals surface area contributed by atoms with Gasteiger partial charge in [-0.3, -0.25) is 0 Å². The molecule has 6 heteroatoms. The lowest BCUT2D eigenvalue weighted by Gasteiger charge is -2.18. The Morgan fingerprint density at radius 1 is 1.26 bits per heavy atom. The van der Waals surface area contributed by atoms with Gasteiger partial charge in [0.2, 0.25) is 0 Å². The smallest absolute Gasteiger partial charge is 0.258 e. The Kier molecular flexibility index (Phi) is 3.29. The van der Waals surface area contributed by atoms with Crippen LogP contribution in [0.2, 0.25) is 0 Å². The Balaban J connectivity index is 1.91. The second-order valence-corrected chi connectivity index (χ2v) is 4.72. The first-order valence-electron chi connectivity index (χ1n) is 6.15. The SMILES string of the molecule is CCC(Cl)c1noc(-c2ccc3c(c2)OCCO3)n1. The number of benzene rings is 1. The molecule has 2 heterocycles. The maximum Gasteiger partial charge on any atom is 0.258 e. The van der Waals surface area contributed by atoms with Crippen molar-refractivity contribution in [1.82, 2.24) is 10.1 Å². The molecule has 0 aliphatic carbocycles. The molecule has 19 heavy (non-hydrogen) atoms. The monoisotopic (exact) mass is 280 g/mol. The minimum Gasteiger partial charge on any atom is -0.486 e. The molecule has 1 aromatic carbocycles. The molecular weight excluding hydrogens is 268 g/mol. The highest BCUT2D eigenvalue weighted by Gasteiger charge is 2.18. The molecule has 0 bridgehead atoms. The van der Waals surface area contributed by atoms with Crippen LogP contribution in [0.5, 0.6) is 11.5 Å². The number of halogens is 1. The van der Waals surface area contributed by atoms with E-state index in [1.807, 2.05) is 25.1 Å². The van der Waals surface area contributed by atoms with Crippen LogP contribution in [0.15, 0.2) is 22.7 Å². The molecule has 0 spiro atoms. The zero-order valence-electron chi connectivity index (χ0n) is 10.4. The van der Waals surface area contributed by atoms with E-state index < -0.39 is 0 Å². The van der Waals surface area contributed by atoms with Crippen LogP contribution in [0, 0.1) is 0 Å². The third-order valence-corrected chi connectivity index (χ3v) is 3.37. The van der Waals surface area contributed by atoms with Crippen molar-refractivity contribution in [3.8, 4) is 23.0 Å². The molecule has 0 amide bonds. The molecule has 1 aromatic heterocycles. The van der Waals surface area contributed by atoms with Crippen LogP contribution >= 0.6 is 11.6 Å². The van der Waals surface area contributed by atoms with Crippen LogP contribution in [0.4, 0.5) is 0 Å². The van der Waals surface area contributed by atoms with Crippen molar-refractivity contribution in [1.29, 1.82) is 0 Å². The van der Waals surface area contributed by atoms with Crippen molar-refractivity contribution >= 4 is 11.6 Å². The van der Waals surface area contributed by atoms with Gasteiger partial charge in [0.25, 0.3) is 5.89 Å². The van der Waals surface area contributed by atoms with Crippen molar-refractivity contribution in [2.45, 2.75) is 18.7 Å². The predicted octanol–water partition coefficient (Wildman–Crippen LogP) is 3.20. The normalized spacial score (nSPS) is 15.3. The summed E-state index contributed by atoms with van der Waals surface area (Å²) in [6.07, 6.45) is 0.752. The van der Waals surface area contributed by atoms with E-state index in [2.05, 4.69) is 10.1 Å². The summed E-state index contributed by atoms with van der Waals surface area (Å²) < 4.78 is 16.2. The standard InChI is InChI=1S/C13H13ClN2O3/c1-2-9(14)12-15-13(19-16-12)8-3-4-10-11(7-8)18-6-5-17-10/h3-4,7,9H,2,5-6H2,1H3. The zero-order valence-corrected chi connectivity index (χ0v) is 11.2. The molecule has 0 fully saturated rings. The first-order valence-corrected chi connectivity index (χ1v) is 6.59. The van der Waals surface area contributed by atoms with Crippen molar-refractivity contribution in [3.05, 3.63) is 24.0 Å². The molecule has 2 aromatic rings. The maximum atomic E-state index is 6.08. The molecule has 0 N–H and O–H groups in total. The summed E-state index contributed by atoms with van der Waals surface area (Å²) in [6.45, 7) is 3.09. The molecule has 1 aliphatic rings. The average Bonchev–Trinajstić information content (AvgIpc) is 2.95. The van der Waals surface area contributed by atoms with Crippen LogP contribution < -0.4 is 9.47 Å². The number of hydrogen-bond acceptors (Lipinski definition) is 5. The van der Waals surface area contributed by atoms with Crippen LogP contribution in [-0.4, -0.2) is 23.4 Å². The fourth-order valence-corrected chi connectivity index (χ4v) is 1.93. The summed E-state index contributed by atoms with van der Waals surface area (Å²) in [4.78, 5) is 4.29. The molecule has 100 valence electrons. The molecule has 0 saturated heterocycles. The summed E-state index contributed by atoms with van der Waals surface area (Å²) in [6, 6.07) is 5.53. The van der Waals surface area contributed by atoms with Crippen LogP contribution in [0.3, 0.4) is 0 Å². The van der Waals surface area contributed by atoms with Crippen molar-refractivity contribution in [2.75, 3.05) is 13.2 Å². The Bertz CT molecular complexity index is 585. The summed E-state index contributed by atoms with van der Waals surface area (Å²) in [5, 5.41) is 3.66. The summed E-state index contributed by atoms with van der Waals surface area (Å²) in [5.41, 5.74) is 0.794. The molecule has 0 radical (unpaired) electrons. The number of hydrogen-bond donors (Lipinski definition) is 0. The fourth-order valence-electron chi connectivity index (χ4n) is 1.84. The number of fused-ring (bicyclic) bond motifs is 1.